The van der Waals surface area contributed by atoms with E-state index in [1.165, 1.54) is 0 Å². The molecule has 4 rings (SSSR count). The molecule has 0 aromatic heterocycles. The fourth-order valence-corrected chi connectivity index (χ4v) is 4.07. The van der Waals surface area contributed by atoms with Crippen LogP contribution in [0.1, 0.15) is 22.3 Å². The summed E-state index contributed by atoms with van der Waals surface area (Å²) in [4.78, 5) is 0. The third-order valence-electron chi connectivity index (χ3n) is 6.18. The molecule has 0 aliphatic heterocycles. The highest BCUT2D eigenvalue weighted by atomic mass is 16.5. The summed E-state index contributed by atoms with van der Waals surface area (Å²) in [7, 11) is 3.28. The van der Waals surface area contributed by atoms with Crippen molar-refractivity contribution in [3.05, 3.63) is 132 Å². The van der Waals surface area contributed by atoms with E-state index in [-0.39, 0.29) is 0 Å². The Morgan fingerprint density at radius 1 is 0.475 bits per heavy atom. The summed E-state index contributed by atoms with van der Waals surface area (Å²) < 4.78 is 22.2. The van der Waals surface area contributed by atoms with Crippen molar-refractivity contribution in [1.82, 2.24) is 0 Å². The van der Waals surface area contributed by atoms with Crippen molar-refractivity contribution in [3.8, 4) is 34.1 Å². The third kappa shape index (κ3) is 7.55. The van der Waals surface area contributed by atoms with Crippen LogP contribution in [0.15, 0.2) is 110 Å². The van der Waals surface area contributed by atoms with Crippen LogP contribution >= 0.6 is 0 Å². The summed E-state index contributed by atoms with van der Waals surface area (Å²) in [6.45, 7) is 8.25. The van der Waals surface area contributed by atoms with Crippen LogP contribution in [0.2, 0.25) is 0 Å². The molecule has 0 spiro atoms. The number of rotatable bonds is 13. The molecule has 0 N–H and O–H groups in total. The van der Waals surface area contributed by atoms with E-state index in [1.54, 1.807) is 26.4 Å². The van der Waals surface area contributed by atoms with Crippen LogP contribution in [0.3, 0.4) is 0 Å². The maximum Gasteiger partial charge on any atom is 0.161 e. The highest BCUT2D eigenvalue weighted by molar-refractivity contribution is 5.75. The molecule has 4 aromatic carbocycles. The average molecular weight is 531 g/mol. The van der Waals surface area contributed by atoms with Crippen molar-refractivity contribution in [2.24, 2.45) is 0 Å². The van der Waals surface area contributed by atoms with Gasteiger partial charge in [-0.05, 0) is 57.6 Å². The SMILES string of the molecule is C=CCOc1ccc(/C=C/c2ccc(-c3ccc(/C=C/c4ccc(OCC=C)c(OC)c4)cc3)cc2)cc1OC. The van der Waals surface area contributed by atoms with Gasteiger partial charge in [0.1, 0.15) is 13.2 Å². The maximum absolute atomic E-state index is 5.63. The highest BCUT2D eigenvalue weighted by Gasteiger charge is 2.05. The number of ether oxygens (including phenoxy) is 4. The molecule has 202 valence electrons. The monoisotopic (exact) mass is 530 g/mol. The van der Waals surface area contributed by atoms with Crippen LogP contribution in [-0.2, 0) is 0 Å². The predicted octanol–water partition coefficient (Wildman–Crippen LogP) is 8.84. The summed E-state index contributed by atoms with van der Waals surface area (Å²) in [5.74, 6) is 2.80. The lowest BCUT2D eigenvalue weighted by Crippen LogP contribution is -1.96. The second kappa shape index (κ2) is 14.3. The summed E-state index contributed by atoms with van der Waals surface area (Å²) in [6.07, 6.45) is 11.7. The van der Waals surface area contributed by atoms with Gasteiger partial charge in [-0.25, -0.2) is 0 Å². The quantitative estimate of drug-likeness (QED) is 0.128. The van der Waals surface area contributed by atoms with Gasteiger partial charge in [0.15, 0.2) is 23.0 Å². The molecule has 0 unspecified atom stereocenters. The normalized spacial score (nSPS) is 10.9. The van der Waals surface area contributed by atoms with E-state index in [0.29, 0.717) is 36.2 Å². The van der Waals surface area contributed by atoms with Gasteiger partial charge in [0.05, 0.1) is 14.2 Å². The Morgan fingerprint density at radius 2 is 0.825 bits per heavy atom. The Balaban J connectivity index is 1.39. The van der Waals surface area contributed by atoms with Gasteiger partial charge in [-0.2, -0.15) is 0 Å². The molecule has 0 fully saturated rings. The topological polar surface area (TPSA) is 36.9 Å². The molecule has 0 saturated carbocycles. The number of hydrogen-bond acceptors (Lipinski definition) is 4. The van der Waals surface area contributed by atoms with Crippen molar-refractivity contribution < 1.29 is 18.9 Å². The molecule has 0 radical (unpaired) electrons. The molecule has 0 heterocycles. The first kappa shape index (κ1) is 28.1. The smallest absolute Gasteiger partial charge is 0.161 e. The molecule has 40 heavy (non-hydrogen) atoms. The average Bonchev–Trinajstić information content (AvgIpc) is 3.01. The van der Waals surface area contributed by atoms with Gasteiger partial charge in [0, 0.05) is 0 Å². The Morgan fingerprint density at radius 3 is 1.18 bits per heavy atom. The van der Waals surface area contributed by atoms with E-state index in [4.69, 9.17) is 18.9 Å². The molecule has 0 aliphatic carbocycles. The molecule has 0 aliphatic rings. The Bertz CT molecular complexity index is 1360. The fourth-order valence-electron chi connectivity index (χ4n) is 4.07. The lowest BCUT2D eigenvalue weighted by molar-refractivity contribution is 0.326. The van der Waals surface area contributed by atoms with Crippen molar-refractivity contribution >= 4 is 24.3 Å². The fraction of sp³-hybridized carbons (Fsp3) is 0.111. The molecule has 0 atom stereocenters. The second-order valence-electron chi connectivity index (χ2n) is 8.93. The van der Waals surface area contributed by atoms with Crippen molar-refractivity contribution in [1.29, 1.82) is 0 Å². The molecule has 4 nitrogen and oxygen atoms in total. The number of hydrogen-bond donors (Lipinski definition) is 0. The van der Waals surface area contributed by atoms with E-state index >= 15 is 0 Å². The maximum atomic E-state index is 5.63. The second-order valence-corrected chi connectivity index (χ2v) is 8.93. The van der Waals surface area contributed by atoms with E-state index in [2.05, 4.69) is 86.0 Å². The molecular formula is C36H34O4. The first-order chi connectivity index (χ1) is 19.6. The Kier molecular flexibility index (Phi) is 10.0. The van der Waals surface area contributed by atoms with Gasteiger partial charge in [0.2, 0.25) is 0 Å². The standard InChI is InChI=1S/C36H34O4/c1-5-23-39-33-21-15-29(25-35(33)37-3)9-7-27-11-17-31(18-12-27)32-19-13-28(14-20-32)8-10-30-16-22-34(40-24-6-2)36(26-30)38-4/h5-22,25-26H,1-2,23-24H2,3-4H3/b9-7+,10-8+. The lowest BCUT2D eigenvalue weighted by atomic mass is 10.0. The largest absolute Gasteiger partial charge is 0.493 e. The molecule has 0 saturated heterocycles. The van der Waals surface area contributed by atoms with Gasteiger partial charge in [0.25, 0.3) is 0 Å². The van der Waals surface area contributed by atoms with Gasteiger partial charge in [-0.15, -0.1) is 0 Å². The van der Waals surface area contributed by atoms with E-state index in [0.717, 1.165) is 33.4 Å². The zero-order chi connectivity index (χ0) is 28.2. The van der Waals surface area contributed by atoms with Crippen molar-refractivity contribution in [2.75, 3.05) is 27.4 Å². The minimum atomic E-state index is 0.439. The minimum absolute atomic E-state index is 0.439. The summed E-state index contributed by atoms with van der Waals surface area (Å²) in [5.41, 5.74) is 6.63. The number of benzene rings is 4. The Labute approximate surface area is 237 Å². The summed E-state index contributed by atoms with van der Waals surface area (Å²) in [6, 6.07) is 28.8. The molecule has 4 heteroatoms. The summed E-state index contributed by atoms with van der Waals surface area (Å²) >= 11 is 0. The minimum Gasteiger partial charge on any atom is -0.493 e. The van der Waals surface area contributed by atoms with Gasteiger partial charge >= 0.3 is 0 Å². The van der Waals surface area contributed by atoms with Crippen LogP contribution in [0.5, 0.6) is 23.0 Å². The van der Waals surface area contributed by atoms with Crippen molar-refractivity contribution in [2.45, 2.75) is 0 Å². The van der Waals surface area contributed by atoms with Crippen LogP contribution in [-0.4, -0.2) is 27.4 Å². The zero-order valence-electron chi connectivity index (χ0n) is 23.0. The van der Waals surface area contributed by atoms with Crippen LogP contribution < -0.4 is 18.9 Å². The summed E-state index contributed by atoms with van der Waals surface area (Å²) in [5, 5.41) is 0. The molecular weight excluding hydrogens is 496 g/mol. The zero-order valence-corrected chi connectivity index (χ0v) is 23.0. The highest BCUT2D eigenvalue weighted by Crippen LogP contribution is 2.30. The van der Waals surface area contributed by atoms with Crippen LogP contribution in [0.25, 0.3) is 35.4 Å². The van der Waals surface area contributed by atoms with E-state index < -0.39 is 0 Å². The number of methoxy groups -OCH3 is 2. The van der Waals surface area contributed by atoms with Crippen LogP contribution in [0.4, 0.5) is 0 Å². The first-order valence-corrected chi connectivity index (χ1v) is 13.0. The molecule has 0 amide bonds. The molecule has 4 aromatic rings. The van der Waals surface area contributed by atoms with Crippen LogP contribution in [0, 0.1) is 0 Å². The van der Waals surface area contributed by atoms with Gasteiger partial charge < -0.3 is 18.9 Å². The van der Waals surface area contributed by atoms with E-state index in [1.807, 2.05) is 36.4 Å². The third-order valence-corrected chi connectivity index (χ3v) is 6.18. The Hall–Kier alpha value is -4.96. The predicted molar refractivity (Wildman–Crippen MR) is 167 cm³/mol. The van der Waals surface area contributed by atoms with Gasteiger partial charge in [-0.1, -0.05) is 110 Å². The van der Waals surface area contributed by atoms with Crippen molar-refractivity contribution in [3.63, 3.8) is 0 Å². The first-order valence-electron chi connectivity index (χ1n) is 13.0. The van der Waals surface area contributed by atoms with Gasteiger partial charge in [-0.3, -0.25) is 0 Å². The lowest BCUT2D eigenvalue weighted by Gasteiger charge is -2.09. The van der Waals surface area contributed by atoms with E-state index in [9.17, 15) is 0 Å². The molecule has 0 bridgehead atoms.